The van der Waals surface area contributed by atoms with Crippen molar-refractivity contribution in [1.82, 2.24) is 9.80 Å². The van der Waals surface area contributed by atoms with Gasteiger partial charge in [-0.25, -0.2) is 0 Å². The van der Waals surface area contributed by atoms with Crippen LogP contribution in [0.2, 0.25) is 0 Å². The maximum absolute atomic E-state index is 12.0. The summed E-state index contributed by atoms with van der Waals surface area (Å²) in [6.07, 6.45) is 1.63. The topological polar surface area (TPSA) is 49.6 Å². The van der Waals surface area contributed by atoms with E-state index in [4.69, 9.17) is 18.0 Å². The van der Waals surface area contributed by atoms with E-state index in [1.54, 1.807) is 0 Å². The van der Waals surface area contributed by atoms with Crippen LogP contribution in [0.3, 0.4) is 0 Å². The molecule has 0 aromatic heterocycles. The average molecular weight is 285 g/mol. The highest BCUT2D eigenvalue weighted by Crippen LogP contribution is 2.18. The van der Waals surface area contributed by atoms with Crippen molar-refractivity contribution in [3.05, 3.63) is 0 Å². The van der Waals surface area contributed by atoms with Crippen LogP contribution < -0.4 is 5.73 Å². The molecular weight excluding hydrogens is 258 g/mol. The predicted molar refractivity (Wildman–Crippen MR) is 83.1 cm³/mol. The number of carbonyl (C=O) groups is 1. The van der Waals surface area contributed by atoms with Gasteiger partial charge < -0.3 is 10.6 Å². The second kappa shape index (κ2) is 6.66. The predicted octanol–water partition coefficient (Wildman–Crippen LogP) is 1.63. The van der Waals surface area contributed by atoms with Gasteiger partial charge in [-0.05, 0) is 26.2 Å². The Bertz CT molecular complexity index is 334. The monoisotopic (exact) mass is 285 g/mol. The Balaban J connectivity index is 2.45. The molecule has 1 amide bonds. The van der Waals surface area contributed by atoms with Crippen molar-refractivity contribution in [2.45, 2.75) is 46.1 Å². The molecule has 0 spiro atoms. The zero-order chi connectivity index (χ0) is 14.6. The van der Waals surface area contributed by atoms with Crippen molar-refractivity contribution < 1.29 is 4.79 Å². The molecule has 1 aliphatic rings. The van der Waals surface area contributed by atoms with Gasteiger partial charge in [0.05, 0.1) is 10.5 Å². The summed E-state index contributed by atoms with van der Waals surface area (Å²) in [5, 5.41) is 0. The van der Waals surface area contributed by atoms with E-state index >= 15 is 0 Å². The van der Waals surface area contributed by atoms with Crippen molar-refractivity contribution in [1.29, 1.82) is 0 Å². The van der Waals surface area contributed by atoms with E-state index in [2.05, 4.69) is 18.7 Å². The molecule has 110 valence electrons. The van der Waals surface area contributed by atoms with Crippen molar-refractivity contribution in [2.24, 2.45) is 11.7 Å². The van der Waals surface area contributed by atoms with Gasteiger partial charge in [-0.2, -0.15) is 0 Å². The molecule has 1 rings (SSSR count). The van der Waals surface area contributed by atoms with E-state index in [0.717, 1.165) is 32.6 Å². The Labute approximate surface area is 122 Å². The molecule has 0 saturated carbocycles. The SMILES string of the molecule is CC(C)CCC(=O)N1CCN(C(C)(C)C(N)=S)CC1. The second-order valence-corrected chi connectivity index (χ2v) is 6.66. The molecule has 1 heterocycles. The first-order chi connectivity index (χ1) is 8.75. The molecule has 0 aromatic carbocycles. The van der Waals surface area contributed by atoms with Gasteiger partial charge in [-0.1, -0.05) is 26.1 Å². The number of hydrogen-bond donors (Lipinski definition) is 1. The summed E-state index contributed by atoms with van der Waals surface area (Å²) in [7, 11) is 0. The highest BCUT2D eigenvalue weighted by molar-refractivity contribution is 7.80. The highest BCUT2D eigenvalue weighted by Gasteiger charge is 2.33. The third-order valence-electron chi connectivity index (χ3n) is 3.96. The third-order valence-corrected chi connectivity index (χ3v) is 4.46. The van der Waals surface area contributed by atoms with Gasteiger partial charge >= 0.3 is 0 Å². The number of hydrogen-bond acceptors (Lipinski definition) is 3. The molecule has 0 radical (unpaired) electrons. The molecule has 4 nitrogen and oxygen atoms in total. The molecule has 0 aliphatic carbocycles. The van der Waals surface area contributed by atoms with E-state index < -0.39 is 0 Å². The molecule has 5 heteroatoms. The Kier molecular flexibility index (Phi) is 5.74. The van der Waals surface area contributed by atoms with Gasteiger partial charge in [-0.15, -0.1) is 0 Å². The van der Waals surface area contributed by atoms with Crippen LogP contribution in [0.5, 0.6) is 0 Å². The molecule has 2 N–H and O–H groups in total. The fourth-order valence-corrected chi connectivity index (χ4v) is 2.37. The fraction of sp³-hybridized carbons (Fsp3) is 0.857. The number of rotatable bonds is 5. The summed E-state index contributed by atoms with van der Waals surface area (Å²) in [4.78, 5) is 16.8. The summed E-state index contributed by atoms with van der Waals surface area (Å²) in [5.41, 5.74) is 5.52. The van der Waals surface area contributed by atoms with E-state index in [0.29, 0.717) is 17.3 Å². The Morgan fingerprint density at radius 2 is 1.79 bits per heavy atom. The molecule has 1 fully saturated rings. The van der Waals surface area contributed by atoms with Crippen LogP contribution in [0.4, 0.5) is 0 Å². The molecular formula is C14H27N3OS. The van der Waals surface area contributed by atoms with E-state index in [9.17, 15) is 4.79 Å². The summed E-state index contributed by atoms with van der Waals surface area (Å²) >= 11 is 5.12. The summed E-state index contributed by atoms with van der Waals surface area (Å²) in [6, 6.07) is 0. The van der Waals surface area contributed by atoms with Crippen LogP contribution in [-0.4, -0.2) is 52.4 Å². The lowest BCUT2D eigenvalue weighted by Crippen LogP contribution is -2.59. The number of nitrogens with two attached hydrogens (primary N) is 1. The van der Waals surface area contributed by atoms with Gasteiger partial charge in [0, 0.05) is 32.6 Å². The van der Waals surface area contributed by atoms with E-state index in [-0.39, 0.29) is 11.4 Å². The van der Waals surface area contributed by atoms with Crippen LogP contribution in [0.25, 0.3) is 0 Å². The Hall–Kier alpha value is -0.680. The van der Waals surface area contributed by atoms with Gasteiger partial charge in [0.15, 0.2) is 0 Å². The lowest BCUT2D eigenvalue weighted by Gasteiger charge is -2.43. The molecule has 0 atom stereocenters. The van der Waals surface area contributed by atoms with E-state index in [1.165, 1.54) is 0 Å². The first-order valence-corrected chi connectivity index (χ1v) is 7.48. The number of piperazine rings is 1. The summed E-state index contributed by atoms with van der Waals surface area (Å²) in [6.45, 7) is 11.6. The normalized spacial score (nSPS) is 17.8. The number of thiocarbonyl (C=S) groups is 1. The average Bonchev–Trinajstić information content (AvgIpc) is 2.35. The van der Waals surface area contributed by atoms with Gasteiger partial charge in [0.1, 0.15) is 0 Å². The van der Waals surface area contributed by atoms with Crippen molar-refractivity contribution in [2.75, 3.05) is 26.2 Å². The number of amides is 1. The minimum Gasteiger partial charge on any atom is -0.392 e. The van der Waals surface area contributed by atoms with Crippen molar-refractivity contribution in [3.63, 3.8) is 0 Å². The molecule has 0 unspecified atom stereocenters. The molecule has 0 aromatic rings. The van der Waals surface area contributed by atoms with Crippen LogP contribution in [0.15, 0.2) is 0 Å². The Morgan fingerprint density at radius 3 is 2.21 bits per heavy atom. The fourth-order valence-electron chi connectivity index (χ4n) is 2.24. The smallest absolute Gasteiger partial charge is 0.222 e. The molecule has 19 heavy (non-hydrogen) atoms. The first-order valence-electron chi connectivity index (χ1n) is 7.08. The van der Waals surface area contributed by atoms with Crippen LogP contribution in [0, 0.1) is 5.92 Å². The highest BCUT2D eigenvalue weighted by atomic mass is 32.1. The maximum atomic E-state index is 12.0. The van der Waals surface area contributed by atoms with Crippen LogP contribution >= 0.6 is 12.2 Å². The zero-order valence-electron chi connectivity index (χ0n) is 12.6. The number of nitrogens with zero attached hydrogens (tertiary/aromatic N) is 2. The standard InChI is InChI=1S/C14H27N3OS/c1-11(2)5-6-12(18)16-7-9-17(10-8-16)14(3,4)13(15)19/h11H,5-10H2,1-4H3,(H2,15,19). The number of carbonyl (C=O) groups excluding carboxylic acids is 1. The maximum Gasteiger partial charge on any atom is 0.222 e. The van der Waals surface area contributed by atoms with Crippen LogP contribution in [-0.2, 0) is 4.79 Å². The second-order valence-electron chi connectivity index (χ2n) is 6.22. The lowest BCUT2D eigenvalue weighted by atomic mass is 10.0. The third kappa shape index (κ3) is 4.42. The quantitative estimate of drug-likeness (QED) is 0.780. The minimum atomic E-state index is -0.262. The van der Waals surface area contributed by atoms with Gasteiger partial charge in [0.2, 0.25) is 5.91 Å². The molecule has 0 bridgehead atoms. The molecule has 1 aliphatic heterocycles. The van der Waals surface area contributed by atoms with Crippen molar-refractivity contribution in [3.8, 4) is 0 Å². The largest absolute Gasteiger partial charge is 0.392 e. The van der Waals surface area contributed by atoms with Crippen molar-refractivity contribution >= 4 is 23.1 Å². The lowest BCUT2D eigenvalue weighted by molar-refractivity contribution is -0.133. The zero-order valence-corrected chi connectivity index (χ0v) is 13.4. The van der Waals surface area contributed by atoms with Crippen LogP contribution in [0.1, 0.15) is 40.5 Å². The van der Waals surface area contributed by atoms with E-state index in [1.807, 2.05) is 18.7 Å². The first kappa shape index (κ1) is 16.4. The summed E-state index contributed by atoms with van der Waals surface area (Å²) < 4.78 is 0. The summed E-state index contributed by atoms with van der Waals surface area (Å²) in [5.74, 6) is 0.861. The van der Waals surface area contributed by atoms with Gasteiger partial charge in [-0.3, -0.25) is 9.69 Å². The van der Waals surface area contributed by atoms with Gasteiger partial charge in [0.25, 0.3) is 0 Å². The molecule has 1 saturated heterocycles. The minimum absolute atomic E-state index is 0.262. The Morgan fingerprint density at radius 1 is 1.26 bits per heavy atom.